The second-order valence-electron chi connectivity index (χ2n) is 2.52. The van der Waals surface area contributed by atoms with Crippen molar-refractivity contribution in [2.75, 3.05) is 7.11 Å². The quantitative estimate of drug-likeness (QED) is 0.602. The largest absolute Gasteiger partial charge is 0.496 e. The van der Waals surface area contributed by atoms with Gasteiger partial charge < -0.3 is 4.74 Å². The molecule has 0 spiro atoms. The third-order valence-corrected chi connectivity index (χ3v) is 3.12. The van der Waals surface area contributed by atoms with E-state index in [-0.39, 0.29) is 5.78 Å². The molecule has 0 aliphatic heterocycles. The van der Waals surface area contributed by atoms with Crippen molar-refractivity contribution in [2.45, 2.75) is 6.92 Å². The maximum atomic E-state index is 11.1. The summed E-state index contributed by atoms with van der Waals surface area (Å²) in [4.78, 5) is 11.1. The van der Waals surface area contributed by atoms with Crippen LogP contribution in [-0.4, -0.2) is 12.9 Å². The van der Waals surface area contributed by atoms with Crippen molar-refractivity contribution in [2.24, 2.45) is 0 Å². The molecule has 0 amide bonds. The van der Waals surface area contributed by atoms with Gasteiger partial charge >= 0.3 is 0 Å². The van der Waals surface area contributed by atoms with Crippen molar-refractivity contribution in [1.29, 1.82) is 0 Å². The minimum Gasteiger partial charge on any atom is -0.496 e. The third kappa shape index (κ3) is 2.43. The lowest BCUT2D eigenvalue weighted by Gasteiger charge is -2.06. The van der Waals surface area contributed by atoms with Gasteiger partial charge in [0.05, 0.1) is 10.7 Å². The molecule has 1 rings (SSSR count). The van der Waals surface area contributed by atoms with Gasteiger partial charge in [-0.2, -0.15) is 0 Å². The first-order valence-electron chi connectivity index (χ1n) is 3.60. The lowest BCUT2D eigenvalue weighted by atomic mass is 10.1. The van der Waals surface area contributed by atoms with Crippen molar-refractivity contribution < 1.29 is 9.53 Å². The minimum atomic E-state index is 0.0486. The third-order valence-electron chi connectivity index (χ3n) is 1.62. The Labute approximate surface area is 98.9 Å². The van der Waals surface area contributed by atoms with Crippen molar-refractivity contribution in [3.05, 3.63) is 25.7 Å². The van der Waals surface area contributed by atoms with Crippen LogP contribution < -0.4 is 4.74 Å². The summed E-state index contributed by atoms with van der Waals surface area (Å²) in [5.74, 6) is 0.824. The predicted octanol–water partition coefficient (Wildman–Crippen LogP) is 3.26. The van der Waals surface area contributed by atoms with Gasteiger partial charge in [0.15, 0.2) is 5.78 Å². The lowest BCUT2D eigenvalue weighted by molar-refractivity contribution is 0.101. The Kier molecular flexibility index (Phi) is 3.73. The number of ether oxygens (including phenoxy) is 1. The van der Waals surface area contributed by atoms with Crippen LogP contribution in [0.4, 0.5) is 0 Å². The molecule has 4 heteroatoms. The lowest BCUT2D eigenvalue weighted by Crippen LogP contribution is -1.96. The molecule has 1 aromatic carbocycles. The molecule has 0 N–H and O–H groups in total. The fourth-order valence-electron chi connectivity index (χ4n) is 0.955. The molecule has 0 fully saturated rings. The topological polar surface area (TPSA) is 26.3 Å². The number of Topliss-reactive ketones (excluding diaryl/α,β-unsaturated/α-hetero) is 1. The molecule has 0 aromatic heterocycles. The van der Waals surface area contributed by atoms with Crippen LogP contribution in [0.15, 0.2) is 16.6 Å². The number of hydrogen-bond donors (Lipinski definition) is 0. The first kappa shape index (κ1) is 11.0. The summed E-state index contributed by atoms with van der Waals surface area (Å²) >= 11 is 5.46. The van der Waals surface area contributed by atoms with E-state index in [0.29, 0.717) is 5.56 Å². The summed E-state index contributed by atoms with van der Waals surface area (Å²) < 4.78 is 6.83. The molecular formula is C9H8BrIO2. The standard InChI is InChI=1S/C9H8BrIO2/c1-5(12)6-3-8(11)9(13-2)4-7(6)10/h3-4H,1-2H3. The second-order valence-corrected chi connectivity index (χ2v) is 4.54. The Hall–Kier alpha value is -0.100. The zero-order valence-electron chi connectivity index (χ0n) is 7.23. The Morgan fingerprint density at radius 1 is 1.54 bits per heavy atom. The van der Waals surface area contributed by atoms with E-state index in [4.69, 9.17) is 4.74 Å². The first-order chi connectivity index (χ1) is 6.06. The van der Waals surface area contributed by atoms with Crippen LogP contribution in [0.2, 0.25) is 0 Å². The van der Waals surface area contributed by atoms with Crippen molar-refractivity contribution >= 4 is 44.3 Å². The molecule has 0 atom stereocenters. The molecule has 0 aliphatic carbocycles. The minimum absolute atomic E-state index is 0.0486. The second kappa shape index (κ2) is 4.41. The van der Waals surface area contributed by atoms with E-state index >= 15 is 0 Å². The summed E-state index contributed by atoms with van der Waals surface area (Å²) in [6.07, 6.45) is 0. The van der Waals surface area contributed by atoms with Crippen LogP contribution in [0.5, 0.6) is 5.75 Å². The van der Waals surface area contributed by atoms with Gasteiger partial charge in [0.2, 0.25) is 0 Å². The molecule has 0 unspecified atom stereocenters. The number of hydrogen-bond acceptors (Lipinski definition) is 2. The maximum Gasteiger partial charge on any atom is 0.160 e. The van der Waals surface area contributed by atoms with Crippen molar-refractivity contribution in [3.63, 3.8) is 0 Å². The molecule has 0 aliphatic rings. The van der Waals surface area contributed by atoms with E-state index in [1.165, 1.54) is 0 Å². The highest BCUT2D eigenvalue weighted by atomic mass is 127. The fourth-order valence-corrected chi connectivity index (χ4v) is 2.24. The first-order valence-corrected chi connectivity index (χ1v) is 5.47. The Morgan fingerprint density at radius 2 is 2.15 bits per heavy atom. The van der Waals surface area contributed by atoms with Crippen LogP contribution in [0, 0.1) is 3.57 Å². The van der Waals surface area contributed by atoms with Crippen LogP contribution in [0.1, 0.15) is 17.3 Å². The fraction of sp³-hybridized carbons (Fsp3) is 0.222. The van der Waals surface area contributed by atoms with Gasteiger partial charge in [-0.05, 0) is 57.6 Å². The van der Waals surface area contributed by atoms with E-state index < -0.39 is 0 Å². The summed E-state index contributed by atoms with van der Waals surface area (Å²) in [5, 5.41) is 0. The zero-order chi connectivity index (χ0) is 10.0. The number of benzene rings is 1. The van der Waals surface area contributed by atoms with Crippen LogP contribution in [-0.2, 0) is 0 Å². The number of halogens is 2. The highest BCUT2D eigenvalue weighted by molar-refractivity contribution is 14.1. The predicted molar refractivity (Wildman–Crippen MR) is 63.4 cm³/mol. The van der Waals surface area contributed by atoms with Crippen LogP contribution in [0.25, 0.3) is 0 Å². The number of rotatable bonds is 2. The normalized spacial score (nSPS) is 9.85. The number of carbonyl (C=O) groups is 1. The van der Waals surface area contributed by atoms with E-state index in [1.807, 2.05) is 6.07 Å². The molecule has 0 saturated heterocycles. The Morgan fingerprint density at radius 3 is 2.62 bits per heavy atom. The zero-order valence-corrected chi connectivity index (χ0v) is 11.0. The van der Waals surface area contributed by atoms with Crippen LogP contribution >= 0.6 is 38.5 Å². The molecule has 70 valence electrons. The van der Waals surface area contributed by atoms with Crippen molar-refractivity contribution in [3.8, 4) is 5.75 Å². The van der Waals surface area contributed by atoms with Gasteiger partial charge in [-0.25, -0.2) is 0 Å². The highest BCUT2D eigenvalue weighted by Crippen LogP contribution is 2.28. The smallest absolute Gasteiger partial charge is 0.160 e. The molecule has 0 saturated carbocycles. The molecule has 2 nitrogen and oxygen atoms in total. The van der Waals surface area contributed by atoms with Crippen molar-refractivity contribution in [1.82, 2.24) is 0 Å². The van der Waals surface area contributed by atoms with Gasteiger partial charge in [0, 0.05) is 10.0 Å². The number of methoxy groups -OCH3 is 1. The van der Waals surface area contributed by atoms with Gasteiger partial charge in [-0.15, -0.1) is 0 Å². The highest BCUT2D eigenvalue weighted by Gasteiger charge is 2.09. The summed E-state index contributed by atoms with van der Waals surface area (Å²) in [6.45, 7) is 1.54. The van der Waals surface area contributed by atoms with Crippen LogP contribution in [0.3, 0.4) is 0 Å². The average molecular weight is 355 g/mol. The van der Waals surface area contributed by atoms with E-state index in [9.17, 15) is 4.79 Å². The molecule has 0 bridgehead atoms. The molecule has 0 heterocycles. The number of ketones is 1. The van der Waals surface area contributed by atoms with E-state index in [2.05, 4.69) is 38.5 Å². The monoisotopic (exact) mass is 354 g/mol. The molecule has 0 radical (unpaired) electrons. The van der Waals surface area contributed by atoms with E-state index in [1.54, 1.807) is 20.1 Å². The summed E-state index contributed by atoms with van der Waals surface area (Å²) in [5.41, 5.74) is 0.685. The van der Waals surface area contributed by atoms with Gasteiger partial charge in [-0.3, -0.25) is 4.79 Å². The molecule has 1 aromatic rings. The maximum absolute atomic E-state index is 11.1. The average Bonchev–Trinajstić information content (AvgIpc) is 2.07. The molecular weight excluding hydrogens is 347 g/mol. The van der Waals surface area contributed by atoms with Gasteiger partial charge in [0.25, 0.3) is 0 Å². The Balaban J connectivity index is 3.28. The van der Waals surface area contributed by atoms with Gasteiger partial charge in [0.1, 0.15) is 5.75 Å². The van der Waals surface area contributed by atoms with Gasteiger partial charge in [-0.1, -0.05) is 0 Å². The SMILES string of the molecule is COc1cc(Br)c(C(C)=O)cc1I. The summed E-state index contributed by atoms with van der Waals surface area (Å²) in [7, 11) is 1.61. The van der Waals surface area contributed by atoms with E-state index in [0.717, 1.165) is 13.8 Å². The number of carbonyl (C=O) groups excluding carboxylic acids is 1. The molecule has 13 heavy (non-hydrogen) atoms. The summed E-state index contributed by atoms with van der Waals surface area (Å²) in [6, 6.07) is 3.62. The Bertz CT molecular complexity index is 350.